The number of nitrogens with zero attached hydrogens (tertiary/aromatic N) is 4. The van der Waals surface area contributed by atoms with Crippen molar-refractivity contribution in [3.8, 4) is 17.2 Å². The number of fused-ring (bicyclic) bond motifs is 2. The van der Waals surface area contributed by atoms with E-state index >= 15 is 0 Å². The molecule has 0 fully saturated rings. The molecule has 57 heavy (non-hydrogen) atoms. The van der Waals surface area contributed by atoms with Gasteiger partial charge in [-0.3, -0.25) is 9.59 Å². The summed E-state index contributed by atoms with van der Waals surface area (Å²) in [5.41, 5.74) is 1.73. The third-order valence-corrected chi connectivity index (χ3v) is 9.18. The first-order valence-electron chi connectivity index (χ1n) is 17.7. The summed E-state index contributed by atoms with van der Waals surface area (Å²) in [6.45, 7) is 4.92. The number of halogens is 3. The summed E-state index contributed by atoms with van der Waals surface area (Å²) in [4.78, 5) is 57.5. The maximum Gasteiger partial charge on any atom is 0.416 e. The molecule has 0 aliphatic carbocycles. The molecule has 0 radical (unpaired) electrons. The minimum absolute atomic E-state index is 0.0550. The zero-order chi connectivity index (χ0) is 40.5. The minimum Gasteiger partial charge on any atom is -0.479 e. The standard InChI is InChI=1S/C40H37F3N8O6/c1-39(2,3)26-13-10-24(11-14-26)19-50(37(54)47-30-8-4-6-28-35(30)56-21-33(52)45-28)51(38(55)48-31-9-5-7-29-36(31)57-22-34(53)46-29)20-25-12-15-27(40(41,42)43)18-32(25)49-17-16-44-23-49/h4-18,23H,19-22H2,1-3H3,(H,45,52)(H,46,53)(H,47,54)(H,48,55). The number of urea groups is 2. The number of aromatic nitrogens is 2. The topological polar surface area (TPSA) is 159 Å². The van der Waals surface area contributed by atoms with E-state index in [9.17, 15) is 32.3 Å². The molecule has 4 aromatic carbocycles. The Morgan fingerprint density at radius 3 is 1.82 bits per heavy atom. The number of nitrogens with one attached hydrogen (secondary N) is 4. The molecule has 4 N–H and O–H groups in total. The lowest BCUT2D eigenvalue weighted by atomic mass is 9.87. The fourth-order valence-corrected chi connectivity index (χ4v) is 6.28. The molecule has 0 unspecified atom stereocenters. The van der Waals surface area contributed by atoms with Crippen molar-refractivity contribution in [1.82, 2.24) is 19.6 Å². The van der Waals surface area contributed by atoms with E-state index < -0.39 is 36.3 Å². The Hall–Kier alpha value is -7.04. The number of imidazole rings is 1. The molecule has 294 valence electrons. The third kappa shape index (κ3) is 8.46. The van der Waals surface area contributed by atoms with Gasteiger partial charge in [0, 0.05) is 12.4 Å². The normalized spacial score (nSPS) is 13.5. The molecule has 0 saturated carbocycles. The Morgan fingerprint density at radius 1 is 0.772 bits per heavy atom. The van der Waals surface area contributed by atoms with Crippen LogP contribution >= 0.6 is 0 Å². The quantitative estimate of drug-likeness (QED) is 0.124. The number of carbonyl (C=O) groups is 4. The van der Waals surface area contributed by atoms with Crippen LogP contribution in [0.2, 0.25) is 0 Å². The lowest BCUT2D eigenvalue weighted by molar-refractivity contribution is -0.137. The van der Waals surface area contributed by atoms with Gasteiger partial charge in [0.05, 0.1) is 53.4 Å². The van der Waals surface area contributed by atoms with Crippen molar-refractivity contribution in [2.75, 3.05) is 34.5 Å². The molecule has 2 aliphatic heterocycles. The third-order valence-electron chi connectivity index (χ3n) is 9.18. The summed E-state index contributed by atoms with van der Waals surface area (Å²) < 4.78 is 54.8. The number of rotatable bonds is 7. The van der Waals surface area contributed by atoms with Crippen LogP contribution in [0.4, 0.5) is 45.5 Å². The number of carbonyl (C=O) groups excluding carboxylic acids is 4. The average Bonchev–Trinajstić information content (AvgIpc) is 3.71. The minimum atomic E-state index is -4.69. The maximum atomic E-state index is 14.7. The van der Waals surface area contributed by atoms with Crippen LogP contribution in [0.1, 0.15) is 43.0 Å². The second-order valence-electron chi connectivity index (χ2n) is 14.3. The van der Waals surface area contributed by atoms with Gasteiger partial charge in [0.15, 0.2) is 24.7 Å². The van der Waals surface area contributed by atoms with Gasteiger partial charge in [-0.15, -0.1) is 0 Å². The lowest BCUT2D eigenvalue weighted by Crippen LogP contribution is -2.52. The highest BCUT2D eigenvalue weighted by atomic mass is 19.4. The number of amides is 6. The highest BCUT2D eigenvalue weighted by Gasteiger charge is 2.34. The van der Waals surface area contributed by atoms with E-state index in [2.05, 4.69) is 47.0 Å². The molecule has 0 atom stereocenters. The summed E-state index contributed by atoms with van der Waals surface area (Å²) in [5, 5.41) is 13.2. The van der Waals surface area contributed by atoms with E-state index in [1.807, 2.05) is 24.3 Å². The largest absolute Gasteiger partial charge is 0.479 e. The maximum absolute atomic E-state index is 14.7. The van der Waals surface area contributed by atoms with E-state index in [0.717, 1.165) is 27.7 Å². The van der Waals surface area contributed by atoms with Gasteiger partial charge in [0.1, 0.15) is 0 Å². The van der Waals surface area contributed by atoms with Crippen molar-refractivity contribution in [1.29, 1.82) is 0 Å². The zero-order valence-electron chi connectivity index (χ0n) is 30.9. The molecule has 2 aliphatic rings. The van der Waals surface area contributed by atoms with E-state index in [-0.39, 0.29) is 65.2 Å². The van der Waals surface area contributed by atoms with Crippen molar-refractivity contribution >= 4 is 46.6 Å². The second-order valence-corrected chi connectivity index (χ2v) is 14.3. The van der Waals surface area contributed by atoms with Crippen LogP contribution in [-0.2, 0) is 34.3 Å². The summed E-state index contributed by atoms with van der Waals surface area (Å²) in [7, 11) is 0. The van der Waals surface area contributed by atoms with Crippen LogP contribution in [0.25, 0.3) is 5.69 Å². The van der Waals surface area contributed by atoms with Gasteiger partial charge in [-0.05, 0) is 58.5 Å². The fourth-order valence-electron chi connectivity index (χ4n) is 6.28. The molecule has 0 bridgehead atoms. The molecule has 5 aromatic rings. The van der Waals surface area contributed by atoms with Crippen LogP contribution in [0.3, 0.4) is 0 Å². The van der Waals surface area contributed by atoms with Gasteiger partial charge in [-0.1, -0.05) is 63.2 Å². The highest BCUT2D eigenvalue weighted by molar-refractivity contribution is 6.02. The first kappa shape index (κ1) is 38.2. The number of hydrogen-bond donors (Lipinski definition) is 4. The Balaban J connectivity index is 1.34. The fraction of sp³-hybridized carbons (Fsp3) is 0.225. The Labute approximate surface area is 324 Å². The number of benzene rings is 4. The summed E-state index contributed by atoms with van der Waals surface area (Å²) >= 11 is 0. The van der Waals surface area contributed by atoms with E-state index in [4.69, 9.17) is 9.47 Å². The molecule has 14 nitrogen and oxygen atoms in total. The van der Waals surface area contributed by atoms with Gasteiger partial charge in [-0.2, -0.15) is 13.2 Å². The van der Waals surface area contributed by atoms with Crippen molar-refractivity contribution in [3.05, 3.63) is 120 Å². The second kappa shape index (κ2) is 15.2. The molecule has 17 heteroatoms. The van der Waals surface area contributed by atoms with Crippen molar-refractivity contribution < 1.29 is 41.8 Å². The molecular weight excluding hydrogens is 745 g/mol. The Morgan fingerprint density at radius 2 is 1.32 bits per heavy atom. The van der Waals surface area contributed by atoms with Crippen LogP contribution in [0, 0.1) is 0 Å². The molecule has 6 amide bonds. The van der Waals surface area contributed by atoms with Crippen LogP contribution in [0.15, 0.2) is 97.6 Å². The summed E-state index contributed by atoms with van der Waals surface area (Å²) in [6.07, 6.45) is -0.500. The van der Waals surface area contributed by atoms with E-state index in [0.29, 0.717) is 16.9 Å². The van der Waals surface area contributed by atoms with Crippen molar-refractivity contribution in [3.63, 3.8) is 0 Å². The Bertz CT molecular complexity index is 2340. The Kier molecular flexibility index (Phi) is 10.2. The number of anilines is 4. The molecule has 3 heterocycles. The van der Waals surface area contributed by atoms with Gasteiger partial charge in [0.2, 0.25) is 0 Å². The average molecular weight is 783 g/mol. The first-order valence-corrected chi connectivity index (χ1v) is 17.7. The van der Waals surface area contributed by atoms with Crippen LogP contribution in [-0.4, -0.2) is 56.7 Å². The summed E-state index contributed by atoms with van der Waals surface area (Å²) in [6, 6.07) is 18.3. The highest BCUT2D eigenvalue weighted by Crippen LogP contribution is 2.38. The number of ether oxygens (including phenoxy) is 2. The molecular formula is C40H37F3N8O6. The molecule has 0 spiro atoms. The van der Waals surface area contributed by atoms with Gasteiger partial charge in [-0.25, -0.2) is 24.6 Å². The van der Waals surface area contributed by atoms with Gasteiger partial charge in [0.25, 0.3) is 11.8 Å². The molecule has 7 rings (SSSR count). The van der Waals surface area contributed by atoms with E-state index in [1.54, 1.807) is 36.4 Å². The predicted octanol–water partition coefficient (Wildman–Crippen LogP) is 7.53. The first-order chi connectivity index (χ1) is 27.1. The number of para-hydroxylation sites is 2. The van der Waals surface area contributed by atoms with E-state index in [1.165, 1.54) is 29.4 Å². The van der Waals surface area contributed by atoms with Crippen molar-refractivity contribution in [2.24, 2.45) is 0 Å². The summed E-state index contributed by atoms with van der Waals surface area (Å²) in [5.74, 6) is -0.418. The molecule has 0 saturated heterocycles. The lowest BCUT2D eigenvalue weighted by Gasteiger charge is -2.36. The SMILES string of the molecule is CC(C)(C)c1ccc(CN(C(=O)Nc2cccc3c2OCC(=O)N3)N(Cc2ccc(C(F)(F)F)cc2-n2ccnc2)C(=O)Nc2cccc3c2OCC(=O)N3)cc1. The van der Waals surface area contributed by atoms with Crippen LogP contribution < -0.4 is 30.7 Å². The van der Waals surface area contributed by atoms with Crippen molar-refractivity contribution in [2.45, 2.75) is 45.5 Å². The zero-order valence-corrected chi connectivity index (χ0v) is 30.9. The monoisotopic (exact) mass is 782 g/mol. The van der Waals surface area contributed by atoms with Crippen LogP contribution in [0.5, 0.6) is 11.5 Å². The number of alkyl halides is 3. The smallest absolute Gasteiger partial charge is 0.416 e. The predicted molar refractivity (Wildman–Crippen MR) is 204 cm³/mol. The van der Waals surface area contributed by atoms with Gasteiger partial charge < -0.3 is 35.3 Å². The van der Waals surface area contributed by atoms with Gasteiger partial charge >= 0.3 is 18.2 Å². The molecule has 1 aromatic heterocycles. The number of hydrazine groups is 1. The number of hydrogen-bond acceptors (Lipinski definition) is 7.